The maximum atomic E-state index is 7.62. The molecule has 3 heteroatoms. The SMILES string of the molecule is OCCO.[Ti]. The molecule has 0 aromatic carbocycles. The minimum atomic E-state index is -0.125. The summed E-state index contributed by atoms with van der Waals surface area (Å²) < 4.78 is 0. The molecule has 0 aliphatic heterocycles. The van der Waals surface area contributed by atoms with Crippen LogP contribution in [-0.4, -0.2) is 23.4 Å². The fourth-order valence-corrected chi connectivity index (χ4v) is 0. The molecule has 0 fully saturated rings. The topological polar surface area (TPSA) is 40.5 Å². The third kappa shape index (κ3) is 12.0. The Hall–Kier alpha value is 0.634. The zero-order valence-corrected chi connectivity index (χ0v) is 4.37. The summed E-state index contributed by atoms with van der Waals surface area (Å²) in [4.78, 5) is 0. The van der Waals surface area contributed by atoms with Crippen LogP contribution < -0.4 is 0 Å². The molecule has 0 saturated carbocycles. The van der Waals surface area contributed by atoms with Crippen molar-refractivity contribution >= 4 is 0 Å². The van der Waals surface area contributed by atoms with E-state index in [0.29, 0.717) is 0 Å². The molecule has 0 unspecified atom stereocenters. The van der Waals surface area contributed by atoms with E-state index in [2.05, 4.69) is 0 Å². The van der Waals surface area contributed by atoms with Crippen LogP contribution in [0.1, 0.15) is 0 Å². The van der Waals surface area contributed by atoms with Crippen LogP contribution in [0.5, 0.6) is 0 Å². The van der Waals surface area contributed by atoms with E-state index >= 15 is 0 Å². The van der Waals surface area contributed by atoms with Crippen LogP contribution >= 0.6 is 0 Å². The van der Waals surface area contributed by atoms with Crippen LogP contribution in [0.15, 0.2) is 0 Å². The second-order valence-electron chi connectivity index (χ2n) is 0.447. The minimum absolute atomic E-state index is 0. The Morgan fingerprint density at radius 3 is 1.20 bits per heavy atom. The molecule has 5 heavy (non-hydrogen) atoms. The molecule has 0 radical (unpaired) electrons. The van der Waals surface area contributed by atoms with Gasteiger partial charge in [0.2, 0.25) is 0 Å². The summed E-state index contributed by atoms with van der Waals surface area (Å²) in [7, 11) is 0. The molecule has 2 nitrogen and oxygen atoms in total. The van der Waals surface area contributed by atoms with Gasteiger partial charge in [0.1, 0.15) is 0 Å². The molecular formula is C2H6O2Ti. The van der Waals surface area contributed by atoms with Gasteiger partial charge >= 0.3 is 0 Å². The van der Waals surface area contributed by atoms with E-state index in [1.807, 2.05) is 0 Å². The largest absolute Gasteiger partial charge is 0.394 e. The minimum Gasteiger partial charge on any atom is -0.394 e. The summed E-state index contributed by atoms with van der Waals surface area (Å²) in [6, 6.07) is 0. The van der Waals surface area contributed by atoms with Gasteiger partial charge in [0.05, 0.1) is 13.2 Å². The van der Waals surface area contributed by atoms with E-state index < -0.39 is 0 Å². The maximum absolute atomic E-state index is 7.62. The quantitative estimate of drug-likeness (QED) is 0.423. The van der Waals surface area contributed by atoms with Gasteiger partial charge in [0.25, 0.3) is 0 Å². The molecule has 0 heterocycles. The number of aliphatic hydroxyl groups excluding tert-OH is 2. The number of hydrogen-bond donors (Lipinski definition) is 2. The van der Waals surface area contributed by atoms with E-state index in [1.165, 1.54) is 0 Å². The number of rotatable bonds is 1. The van der Waals surface area contributed by atoms with Crippen molar-refractivity contribution in [3.8, 4) is 0 Å². The van der Waals surface area contributed by atoms with Crippen LogP contribution in [-0.2, 0) is 21.7 Å². The van der Waals surface area contributed by atoms with Crippen molar-refractivity contribution in [2.45, 2.75) is 0 Å². The summed E-state index contributed by atoms with van der Waals surface area (Å²) in [6.45, 7) is -0.250. The zero-order valence-electron chi connectivity index (χ0n) is 2.81. The van der Waals surface area contributed by atoms with Crippen LogP contribution in [0.4, 0.5) is 0 Å². The van der Waals surface area contributed by atoms with Crippen LogP contribution in [0.25, 0.3) is 0 Å². The van der Waals surface area contributed by atoms with Gasteiger partial charge in [-0.3, -0.25) is 0 Å². The van der Waals surface area contributed by atoms with Gasteiger partial charge in [-0.05, 0) is 0 Å². The summed E-state index contributed by atoms with van der Waals surface area (Å²) in [5.41, 5.74) is 0. The summed E-state index contributed by atoms with van der Waals surface area (Å²) in [6.07, 6.45) is 0. The smallest absolute Gasteiger partial charge is 0.0662 e. The second kappa shape index (κ2) is 8.82. The molecule has 0 aromatic rings. The van der Waals surface area contributed by atoms with Crippen molar-refractivity contribution in [3.63, 3.8) is 0 Å². The van der Waals surface area contributed by atoms with Crippen molar-refractivity contribution < 1.29 is 31.9 Å². The maximum Gasteiger partial charge on any atom is 0.0662 e. The van der Waals surface area contributed by atoms with E-state index in [1.54, 1.807) is 0 Å². The Morgan fingerprint density at radius 2 is 1.20 bits per heavy atom. The Bertz CT molecular complexity index is 9.61. The molecule has 0 spiro atoms. The molecule has 2 N–H and O–H groups in total. The summed E-state index contributed by atoms with van der Waals surface area (Å²) in [5.74, 6) is 0. The second-order valence-corrected chi connectivity index (χ2v) is 0.447. The Morgan fingerprint density at radius 1 is 1.00 bits per heavy atom. The third-order valence-corrected chi connectivity index (χ3v) is 0.1000. The van der Waals surface area contributed by atoms with Gasteiger partial charge in [0.15, 0.2) is 0 Å². The fourth-order valence-electron chi connectivity index (χ4n) is 0. The van der Waals surface area contributed by atoms with Gasteiger partial charge in [0, 0.05) is 21.7 Å². The van der Waals surface area contributed by atoms with E-state index in [0.717, 1.165) is 0 Å². The Balaban J connectivity index is 0. The molecule has 30 valence electrons. The van der Waals surface area contributed by atoms with E-state index in [-0.39, 0.29) is 34.9 Å². The molecule has 0 aromatic heterocycles. The average Bonchev–Trinajstić information content (AvgIpc) is 1.37. The van der Waals surface area contributed by atoms with Crippen molar-refractivity contribution in [1.82, 2.24) is 0 Å². The van der Waals surface area contributed by atoms with Crippen molar-refractivity contribution in [3.05, 3.63) is 0 Å². The standard InChI is InChI=1S/C2H6O2.Ti/c3-1-2-4;/h3-4H,1-2H2;. The number of hydrogen-bond acceptors (Lipinski definition) is 2. The molecular weight excluding hydrogens is 104 g/mol. The zero-order chi connectivity index (χ0) is 3.41. The van der Waals surface area contributed by atoms with Crippen molar-refractivity contribution in [2.75, 3.05) is 13.2 Å². The van der Waals surface area contributed by atoms with Crippen molar-refractivity contribution in [2.24, 2.45) is 0 Å². The predicted octanol–water partition coefficient (Wildman–Crippen LogP) is -1.03. The van der Waals surface area contributed by atoms with Gasteiger partial charge < -0.3 is 10.2 Å². The fraction of sp³-hybridized carbons (Fsp3) is 1.00. The molecule has 0 atom stereocenters. The molecule has 0 saturated heterocycles. The number of aliphatic hydroxyl groups is 2. The first kappa shape index (κ1) is 9.16. The first-order chi connectivity index (χ1) is 1.91. The van der Waals surface area contributed by atoms with E-state index in [9.17, 15) is 0 Å². The summed E-state index contributed by atoms with van der Waals surface area (Å²) in [5, 5.41) is 15.2. The Labute approximate surface area is 45.7 Å². The van der Waals surface area contributed by atoms with Gasteiger partial charge in [-0.25, -0.2) is 0 Å². The first-order valence-electron chi connectivity index (χ1n) is 1.13. The van der Waals surface area contributed by atoms with Crippen LogP contribution in [0, 0.1) is 0 Å². The average molecular weight is 110 g/mol. The normalized spacial score (nSPS) is 6.00. The monoisotopic (exact) mass is 110 g/mol. The molecule has 0 bridgehead atoms. The molecule has 0 aliphatic rings. The summed E-state index contributed by atoms with van der Waals surface area (Å²) >= 11 is 0. The molecule has 0 amide bonds. The van der Waals surface area contributed by atoms with Crippen LogP contribution in [0.3, 0.4) is 0 Å². The first-order valence-corrected chi connectivity index (χ1v) is 1.13. The van der Waals surface area contributed by atoms with Crippen molar-refractivity contribution in [1.29, 1.82) is 0 Å². The predicted molar refractivity (Wildman–Crippen MR) is 14.2 cm³/mol. The third-order valence-electron chi connectivity index (χ3n) is 0.1000. The Kier molecular flexibility index (Phi) is 16.2. The van der Waals surface area contributed by atoms with Gasteiger partial charge in [-0.1, -0.05) is 0 Å². The van der Waals surface area contributed by atoms with E-state index in [4.69, 9.17) is 10.2 Å². The van der Waals surface area contributed by atoms with Crippen LogP contribution in [0.2, 0.25) is 0 Å². The molecule has 0 rings (SSSR count). The van der Waals surface area contributed by atoms with Gasteiger partial charge in [-0.2, -0.15) is 0 Å². The molecule has 0 aliphatic carbocycles. The van der Waals surface area contributed by atoms with Gasteiger partial charge in [-0.15, -0.1) is 0 Å².